The summed E-state index contributed by atoms with van der Waals surface area (Å²) in [5, 5.41) is 7.74. The number of piperidine rings is 1. The van der Waals surface area contributed by atoms with Crippen molar-refractivity contribution in [3.63, 3.8) is 0 Å². The van der Waals surface area contributed by atoms with Gasteiger partial charge in [0.1, 0.15) is 5.82 Å². The standard InChI is InChI=1S/C19H25N5O/c1-14-10-21-23(12-14)13-17-4-2-3-9-24(17)19(25)15-5-8-18(20-11-15)22-16-6-7-16/h5,8,10-12,16-17H,2-4,6-7,9,13H2,1H3,(H,20,22)/t17-/m0/s1. The van der Waals surface area contributed by atoms with Crippen molar-refractivity contribution in [1.82, 2.24) is 19.7 Å². The maximum Gasteiger partial charge on any atom is 0.255 e. The Morgan fingerprint density at radius 3 is 2.80 bits per heavy atom. The van der Waals surface area contributed by atoms with Crippen LogP contribution < -0.4 is 5.32 Å². The van der Waals surface area contributed by atoms with Crippen molar-refractivity contribution < 1.29 is 4.79 Å². The molecule has 1 amide bonds. The number of rotatable bonds is 5. The number of hydrogen-bond donors (Lipinski definition) is 1. The van der Waals surface area contributed by atoms with Crippen molar-refractivity contribution >= 4 is 11.7 Å². The number of pyridine rings is 1. The molecule has 0 spiro atoms. The van der Waals surface area contributed by atoms with E-state index in [2.05, 4.69) is 15.4 Å². The highest BCUT2D eigenvalue weighted by molar-refractivity contribution is 5.94. The molecule has 0 bridgehead atoms. The molecule has 1 N–H and O–H groups in total. The van der Waals surface area contributed by atoms with Crippen LogP contribution in [0.2, 0.25) is 0 Å². The van der Waals surface area contributed by atoms with E-state index in [1.165, 1.54) is 12.8 Å². The van der Waals surface area contributed by atoms with Gasteiger partial charge < -0.3 is 10.2 Å². The number of nitrogens with zero attached hydrogens (tertiary/aromatic N) is 4. The van der Waals surface area contributed by atoms with E-state index in [0.717, 1.165) is 43.7 Å². The summed E-state index contributed by atoms with van der Waals surface area (Å²) in [4.78, 5) is 19.4. The smallest absolute Gasteiger partial charge is 0.255 e. The molecule has 25 heavy (non-hydrogen) atoms. The van der Waals surface area contributed by atoms with E-state index >= 15 is 0 Å². The molecule has 4 rings (SSSR count). The lowest BCUT2D eigenvalue weighted by molar-refractivity contribution is 0.0583. The fraction of sp³-hybridized carbons (Fsp3) is 0.526. The summed E-state index contributed by atoms with van der Waals surface area (Å²) in [5.41, 5.74) is 1.82. The van der Waals surface area contributed by atoms with Gasteiger partial charge in [-0.2, -0.15) is 5.10 Å². The van der Waals surface area contributed by atoms with Gasteiger partial charge in [-0.3, -0.25) is 9.48 Å². The van der Waals surface area contributed by atoms with Crippen LogP contribution in [0.15, 0.2) is 30.7 Å². The normalized spacial score (nSPS) is 20.5. The van der Waals surface area contributed by atoms with Crippen molar-refractivity contribution in [1.29, 1.82) is 0 Å². The van der Waals surface area contributed by atoms with E-state index in [-0.39, 0.29) is 11.9 Å². The second-order valence-corrected chi connectivity index (χ2v) is 7.24. The first-order valence-corrected chi connectivity index (χ1v) is 9.21. The summed E-state index contributed by atoms with van der Waals surface area (Å²) >= 11 is 0. The third-order valence-electron chi connectivity index (χ3n) is 4.99. The SMILES string of the molecule is Cc1cnn(C[C@@H]2CCCCN2C(=O)c2ccc(NC3CC3)nc2)c1. The van der Waals surface area contributed by atoms with Gasteiger partial charge in [-0.05, 0) is 56.7 Å². The van der Waals surface area contributed by atoms with Gasteiger partial charge in [0.2, 0.25) is 0 Å². The number of carbonyl (C=O) groups excluding carboxylic acids is 1. The first kappa shape index (κ1) is 16.1. The van der Waals surface area contributed by atoms with Crippen LogP contribution in [0, 0.1) is 6.92 Å². The number of amides is 1. The van der Waals surface area contributed by atoms with E-state index in [1.807, 2.05) is 41.0 Å². The highest BCUT2D eigenvalue weighted by Crippen LogP contribution is 2.24. The van der Waals surface area contributed by atoms with Gasteiger partial charge in [-0.1, -0.05) is 0 Å². The minimum absolute atomic E-state index is 0.0825. The summed E-state index contributed by atoms with van der Waals surface area (Å²) in [6.07, 6.45) is 11.3. The Labute approximate surface area is 148 Å². The zero-order valence-corrected chi connectivity index (χ0v) is 14.7. The molecule has 6 heteroatoms. The van der Waals surface area contributed by atoms with Crippen molar-refractivity contribution in [2.45, 2.75) is 57.7 Å². The molecule has 1 aliphatic heterocycles. The van der Waals surface area contributed by atoms with Gasteiger partial charge in [0.05, 0.1) is 24.3 Å². The highest BCUT2D eigenvalue weighted by atomic mass is 16.2. The topological polar surface area (TPSA) is 63.1 Å². The van der Waals surface area contributed by atoms with Crippen LogP contribution in [0.4, 0.5) is 5.82 Å². The average molecular weight is 339 g/mol. The van der Waals surface area contributed by atoms with E-state index in [0.29, 0.717) is 11.6 Å². The Balaban J connectivity index is 1.45. The Hall–Kier alpha value is -2.37. The Kier molecular flexibility index (Phi) is 4.42. The first-order valence-electron chi connectivity index (χ1n) is 9.21. The van der Waals surface area contributed by atoms with Crippen molar-refractivity contribution in [3.8, 4) is 0 Å². The van der Waals surface area contributed by atoms with Crippen LogP contribution >= 0.6 is 0 Å². The maximum atomic E-state index is 13.0. The van der Waals surface area contributed by atoms with Gasteiger partial charge in [0.25, 0.3) is 5.91 Å². The molecule has 3 heterocycles. The molecule has 0 aromatic carbocycles. The fourth-order valence-electron chi connectivity index (χ4n) is 3.45. The molecule has 2 aliphatic rings. The summed E-state index contributed by atoms with van der Waals surface area (Å²) in [5.74, 6) is 0.945. The molecule has 1 saturated carbocycles. The first-order chi connectivity index (χ1) is 12.2. The summed E-state index contributed by atoms with van der Waals surface area (Å²) in [6, 6.07) is 4.58. The minimum atomic E-state index is 0.0825. The maximum absolute atomic E-state index is 13.0. The minimum Gasteiger partial charge on any atom is -0.367 e. The lowest BCUT2D eigenvalue weighted by Crippen LogP contribution is -2.46. The average Bonchev–Trinajstić information content (AvgIpc) is 3.35. The zero-order valence-electron chi connectivity index (χ0n) is 14.7. The van der Waals surface area contributed by atoms with Crippen molar-refractivity contribution in [3.05, 3.63) is 41.9 Å². The molecule has 2 aromatic heterocycles. The van der Waals surface area contributed by atoms with Crippen LogP contribution in [-0.2, 0) is 6.54 Å². The Morgan fingerprint density at radius 1 is 1.24 bits per heavy atom. The van der Waals surface area contributed by atoms with Crippen molar-refractivity contribution in [2.75, 3.05) is 11.9 Å². The Morgan fingerprint density at radius 2 is 2.12 bits per heavy atom. The molecule has 2 aromatic rings. The van der Waals surface area contributed by atoms with Crippen LogP contribution in [0.25, 0.3) is 0 Å². The molecule has 0 unspecified atom stereocenters. The quantitative estimate of drug-likeness (QED) is 0.910. The van der Waals surface area contributed by atoms with Gasteiger partial charge in [-0.25, -0.2) is 4.98 Å². The van der Waals surface area contributed by atoms with Crippen LogP contribution in [0.3, 0.4) is 0 Å². The number of aryl methyl sites for hydroxylation is 1. The third kappa shape index (κ3) is 3.83. The molecular formula is C19H25N5O. The van der Waals surface area contributed by atoms with E-state index in [9.17, 15) is 4.79 Å². The summed E-state index contributed by atoms with van der Waals surface area (Å²) in [6.45, 7) is 3.61. The van der Waals surface area contributed by atoms with Gasteiger partial charge in [0.15, 0.2) is 0 Å². The second-order valence-electron chi connectivity index (χ2n) is 7.24. The number of aromatic nitrogens is 3. The predicted octanol–water partition coefficient (Wildman–Crippen LogP) is 2.86. The third-order valence-corrected chi connectivity index (χ3v) is 4.99. The second kappa shape index (κ2) is 6.86. The number of anilines is 1. The lowest BCUT2D eigenvalue weighted by atomic mass is 10.0. The fourth-order valence-corrected chi connectivity index (χ4v) is 3.45. The predicted molar refractivity (Wildman–Crippen MR) is 96.5 cm³/mol. The molecular weight excluding hydrogens is 314 g/mol. The van der Waals surface area contributed by atoms with Crippen LogP contribution in [0.5, 0.6) is 0 Å². The summed E-state index contributed by atoms with van der Waals surface area (Å²) in [7, 11) is 0. The van der Waals surface area contributed by atoms with E-state index < -0.39 is 0 Å². The summed E-state index contributed by atoms with van der Waals surface area (Å²) < 4.78 is 1.95. The molecule has 1 atom stereocenters. The number of carbonyl (C=O) groups is 1. The molecule has 0 radical (unpaired) electrons. The molecule has 1 aliphatic carbocycles. The van der Waals surface area contributed by atoms with Crippen LogP contribution in [-0.4, -0.2) is 44.2 Å². The molecule has 1 saturated heterocycles. The number of likely N-dealkylation sites (tertiary alicyclic amines) is 1. The van der Waals surface area contributed by atoms with Gasteiger partial charge >= 0.3 is 0 Å². The van der Waals surface area contributed by atoms with E-state index in [4.69, 9.17) is 0 Å². The largest absolute Gasteiger partial charge is 0.367 e. The Bertz CT molecular complexity index is 735. The lowest BCUT2D eigenvalue weighted by Gasteiger charge is -2.35. The van der Waals surface area contributed by atoms with Gasteiger partial charge in [-0.15, -0.1) is 0 Å². The number of nitrogens with one attached hydrogen (secondary N) is 1. The highest BCUT2D eigenvalue weighted by Gasteiger charge is 2.28. The van der Waals surface area contributed by atoms with Crippen molar-refractivity contribution in [2.24, 2.45) is 0 Å². The zero-order chi connectivity index (χ0) is 17.2. The monoisotopic (exact) mass is 339 g/mol. The van der Waals surface area contributed by atoms with Gasteiger partial charge in [0, 0.05) is 25.0 Å². The number of hydrogen-bond acceptors (Lipinski definition) is 4. The molecule has 6 nitrogen and oxygen atoms in total. The molecule has 132 valence electrons. The van der Waals surface area contributed by atoms with E-state index in [1.54, 1.807) is 6.20 Å². The van der Waals surface area contributed by atoms with Crippen LogP contribution in [0.1, 0.15) is 48.0 Å². The molecule has 2 fully saturated rings.